The maximum atomic E-state index is 6.31. The lowest BCUT2D eigenvalue weighted by molar-refractivity contribution is 0.159. The van der Waals surface area contributed by atoms with Crippen LogP contribution >= 0.6 is 0 Å². The Hall–Kier alpha value is -0.930. The second-order valence-electron chi connectivity index (χ2n) is 4.81. The maximum Gasteiger partial charge on any atom is 0.0544 e. The summed E-state index contributed by atoms with van der Waals surface area (Å²) in [4.78, 5) is 6.85. The molecular formula is C15H27N3. The van der Waals surface area contributed by atoms with Crippen LogP contribution < -0.4 is 5.73 Å². The van der Waals surface area contributed by atoms with Crippen LogP contribution in [-0.4, -0.2) is 28.5 Å². The highest BCUT2D eigenvalue weighted by molar-refractivity contribution is 5.03. The molecule has 2 unspecified atom stereocenters. The van der Waals surface area contributed by atoms with E-state index in [4.69, 9.17) is 5.73 Å². The number of likely N-dealkylation sites (N-methyl/N-ethyl adjacent to an activating group) is 1. The number of hydrogen-bond donors (Lipinski definition) is 1. The summed E-state index contributed by atoms with van der Waals surface area (Å²) in [6.07, 6.45) is 5.20. The molecule has 0 bridgehead atoms. The van der Waals surface area contributed by atoms with E-state index in [-0.39, 0.29) is 6.04 Å². The van der Waals surface area contributed by atoms with E-state index in [9.17, 15) is 0 Å². The van der Waals surface area contributed by atoms with Gasteiger partial charge in [-0.05, 0) is 31.5 Å². The van der Waals surface area contributed by atoms with Crippen LogP contribution in [0.25, 0.3) is 0 Å². The Balaban J connectivity index is 2.68. The normalized spacial score (nSPS) is 14.7. The third-order valence-electron chi connectivity index (χ3n) is 3.50. The smallest absolute Gasteiger partial charge is 0.0544 e. The van der Waals surface area contributed by atoms with Gasteiger partial charge in [0.05, 0.1) is 5.69 Å². The fourth-order valence-corrected chi connectivity index (χ4v) is 2.52. The molecule has 2 N–H and O–H groups in total. The lowest BCUT2D eigenvalue weighted by Gasteiger charge is -2.34. The molecule has 0 aliphatic carbocycles. The first-order valence-electron chi connectivity index (χ1n) is 7.12. The van der Waals surface area contributed by atoms with Gasteiger partial charge in [-0.2, -0.15) is 0 Å². The largest absolute Gasteiger partial charge is 0.326 e. The predicted molar refractivity (Wildman–Crippen MR) is 77.3 cm³/mol. The van der Waals surface area contributed by atoms with Crippen molar-refractivity contribution in [1.29, 1.82) is 0 Å². The summed E-state index contributed by atoms with van der Waals surface area (Å²) in [5.74, 6) is 0. The molecule has 0 amide bonds. The fraction of sp³-hybridized carbons (Fsp3) is 0.667. The molecule has 3 heteroatoms. The molecule has 0 aliphatic heterocycles. The van der Waals surface area contributed by atoms with Crippen LogP contribution in [0.1, 0.15) is 45.7 Å². The average Bonchev–Trinajstić information content (AvgIpc) is 2.40. The third kappa shape index (κ3) is 4.39. The molecule has 1 aromatic heterocycles. The second-order valence-corrected chi connectivity index (χ2v) is 4.81. The van der Waals surface area contributed by atoms with Crippen molar-refractivity contribution in [3.05, 3.63) is 30.1 Å². The van der Waals surface area contributed by atoms with Crippen LogP contribution in [0, 0.1) is 0 Å². The zero-order valence-electron chi connectivity index (χ0n) is 12.0. The highest BCUT2D eigenvalue weighted by Crippen LogP contribution is 2.14. The van der Waals surface area contributed by atoms with Gasteiger partial charge in [-0.25, -0.2) is 0 Å². The summed E-state index contributed by atoms with van der Waals surface area (Å²) >= 11 is 0. The van der Waals surface area contributed by atoms with E-state index in [1.54, 1.807) is 0 Å². The van der Waals surface area contributed by atoms with Crippen LogP contribution in [0.2, 0.25) is 0 Å². The van der Waals surface area contributed by atoms with Gasteiger partial charge in [0.1, 0.15) is 0 Å². The van der Waals surface area contributed by atoms with E-state index < -0.39 is 0 Å². The molecule has 18 heavy (non-hydrogen) atoms. The minimum Gasteiger partial charge on any atom is -0.326 e. The van der Waals surface area contributed by atoms with Gasteiger partial charge in [0.15, 0.2) is 0 Å². The van der Waals surface area contributed by atoms with Gasteiger partial charge < -0.3 is 5.73 Å². The molecule has 0 saturated carbocycles. The van der Waals surface area contributed by atoms with Crippen LogP contribution in [-0.2, 0) is 6.54 Å². The van der Waals surface area contributed by atoms with Crippen molar-refractivity contribution in [2.24, 2.45) is 5.73 Å². The molecule has 0 fully saturated rings. The number of aromatic nitrogens is 1. The monoisotopic (exact) mass is 249 g/mol. The van der Waals surface area contributed by atoms with E-state index >= 15 is 0 Å². The predicted octanol–water partition coefficient (Wildman–Crippen LogP) is 2.81. The standard InChI is InChI=1S/C15H27N3/c1-4-9-14(16)15(5-2)18(6-3)12-13-10-7-8-11-17-13/h7-8,10-11,14-15H,4-6,9,12,16H2,1-3H3. The summed E-state index contributed by atoms with van der Waals surface area (Å²) in [7, 11) is 0. The SMILES string of the molecule is CCCC(N)C(CC)N(CC)Cc1ccccn1. The Morgan fingerprint density at radius 1 is 1.28 bits per heavy atom. The first kappa shape index (κ1) is 15.1. The van der Waals surface area contributed by atoms with Gasteiger partial charge in [-0.3, -0.25) is 9.88 Å². The molecule has 0 aromatic carbocycles. The summed E-state index contributed by atoms with van der Waals surface area (Å²) in [5, 5.41) is 0. The Morgan fingerprint density at radius 2 is 2.06 bits per heavy atom. The van der Waals surface area contributed by atoms with Gasteiger partial charge in [0, 0.05) is 24.8 Å². The highest BCUT2D eigenvalue weighted by atomic mass is 15.2. The molecule has 1 aromatic rings. The first-order chi connectivity index (χ1) is 8.72. The molecule has 0 radical (unpaired) electrons. The van der Waals surface area contributed by atoms with Crippen molar-refractivity contribution < 1.29 is 0 Å². The Kier molecular flexibility index (Phi) is 6.91. The van der Waals surface area contributed by atoms with Gasteiger partial charge in [-0.15, -0.1) is 0 Å². The Bertz CT molecular complexity index is 313. The van der Waals surface area contributed by atoms with Crippen molar-refractivity contribution in [3.63, 3.8) is 0 Å². The van der Waals surface area contributed by atoms with E-state index in [1.807, 2.05) is 18.3 Å². The molecule has 2 atom stereocenters. The molecule has 0 aliphatic rings. The number of nitrogens with two attached hydrogens (primary N) is 1. The van der Waals surface area contributed by atoms with Crippen molar-refractivity contribution >= 4 is 0 Å². The maximum absolute atomic E-state index is 6.31. The van der Waals surface area contributed by atoms with Crippen LogP contribution in [0.15, 0.2) is 24.4 Å². The average molecular weight is 249 g/mol. The number of rotatable bonds is 8. The summed E-state index contributed by atoms with van der Waals surface area (Å²) in [5.41, 5.74) is 7.43. The van der Waals surface area contributed by atoms with Gasteiger partial charge in [-0.1, -0.05) is 33.3 Å². The Morgan fingerprint density at radius 3 is 2.56 bits per heavy atom. The molecule has 3 nitrogen and oxygen atoms in total. The van der Waals surface area contributed by atoms with E-state index in [0.29, 0.717) is 6.04 Å². The van der Waals surface area contributed by atoms with Gasteiger partial charge in [0.2, 0.25) is 0 Å². The molecule has 1 heterocycles. The van der Waals surface area contributed by atoms with Crippen LogP contribution in [0.5, 0.6) is 0 Å². The van der Waals surface area contributed by atoms with Crippen molar-refractivity contribution in [1.82, 2.24) is 9.88 Å². The van der Waals surface area contributed by atoms with Crippen LogP contribution in [0.3, 0.4) is 0 Å². The minimum absolute atomic E-state index is 0.267. The van der Waals surface area contributed by atoms with Crippen molar-refractivity contribution in [2.45, 2.75) is 58.7 Å². The molecular weight excluding hydrogens is 222 g/mol. The van der Waals surface area contributed by atoms with Crippen molar-refractivity contribution in [2.75, 3.05) is 6.54 Å². The molecule has 1 rings (SSSR count). The zero-order valence-corrected chi connectivity index (χ0v) is 12.0. The highest BCUT2D eigenvalue weighted by Gasteiger charge is 2.21. The molecule has 102 valence electrons. The summed E-state index contributed by atoms with van der Waals surface area (Å²) < 4.78 is 0. The van der Waals surface area contributed by atoms with E-state index in [2.05, 4.69) is 36.7 Å². The first-order valence-corrected chi connectivity index (χ1v) is 7.12. The van der Waals surface area contributed by atoms with Crippen molar-refractivity contribution in [3.8, 4) is 0 Å². The Labute approximate surface area is 111 Å². The number of nitrogens with zero attached hydrogens (tertiary/aromatic N) is 2. The minimum atomic E-state index is 0.267. The third-order valence-corrected chi connectivity index (χ3v) is 3.50. The van der Waals surface area contributed by atoms with Crippen LogP contribution in [0.4, 0.5) is 0 Å². The summed E-state index contributed by atoms with van der Waals surface area (Å²) in [6.45, 7) is 8.53. The number of pyridine rings is 1. The fourth-order valence-electron chi connectivity index (χ4n) is 2.52. The van der Waals surface area contributed by atoms with E-state index in [1.165, 1.54) is 0 Å². The lowest BCUT2D eigenvalue weighted by atomic mass is 10.00. The molecule has 0 saturated heterocycles. The molecule has 0 spiro atoms. The lowest BCUT2D eigenvalue weighted by Crippen LogP contribution is -2.47. The zero-order chi connectivity index (χ0) is 13.4. The quantitative estimate of drug-likeness (QED) is 0.770. The van der Waals surface area contributed by atoms with Gasteiger partial charge >= 0.3 is 0 Å². The number of hydrogen-bond acceptors (Lipinski definition) is 3. The summed E-state index contributed by atoms with van der Waals surface area (Å²) in [6, 6.07) is 6.81. The van der Waals surface area contributed by atoms with E-state index in [0.717, 1.165) is 38.0 Å². The van der Waals surface area contributed by atoms with Gasteiger partial charge in [0.25, 0.3) is 0 Å². The second kappa shape index (κ2) is 8.22. The topological polar surface area (TPSA) is 42.1 Å².